The molecule has 1 rings (SSSR count). The Hall–Kier alpha value is -0.580. The minimum atomic E-state index is -0.846. The van der Waals surface area contributed by atoms with E-state index in [9.17, 15) is 4.79 Å². The van der Waals surface area contributed by atoms with Gasteiger partial charge in [-0.15, -0.1) is 0 Å². The molecule has 0 bridgehead atoms. The van der Waals surface area contributed by atoms with E-state index < -0.39 is 5.54 Å². The molecule has 1 aromatic carbocycles. The first-order chi connectivity index (χ1) is 7.86. The largest absolute Gasteiger partial charge is 0.324 e. The highest BCUT2D eigenvalue weighted by molar-refractivity contribution is 9.10. The van der Waals surface area contributed by atoms with Crippen LogP contribution in [0.3, 0.4) is 0 Å². The molecule has 0 spiro atoms. The van der Waals surface area contributed by atoms with Gasteiger partial charge in [-0.2, -0.15) is 0 Å². The molecule has 0 aromatic heterocycles. The topological polar surface area (TPSA) is 55.1 Å². The summed E-state index contributed by atoms with van der Waals surface area (Å²) in [5.41, 5.74) is 5.77. The molecule has 0 aliphatic rings. The van der Waals surface area contributed by atoms with Crippen molar-refractivity contribution in [1.29, 1.82) is 0 Å². The molecule has 94 valence electrons. The van der Waals surface area contributed by atoms with E-state index in [-0.39, 0.29) is 5.91 Å². The summed E-state index contributed by atoms with van der Waals surface area (Å²) < 4.78 is 0.742. The van der Waals surface area contributed by atoms with Crippen molar-refractivity contribution in [2.75, 3.05) is 5.32 Å². The zero-order valence-electron chi connectivity index (χ0n) is 9.89. The first kappa shape index (κ1) is 14.5. The van der Waals surface area contributed by atoms with Gasteiger partial charge in [0, 0.05) is 10.2 Å². The van der Waals surface area contributed by atoms with Crippen LogP contribution in [0.15, 0.2) is 22.7 Å². The van der Waals surface area contributed by atoms with Gasteiger partial charge >= 0.3 is 0 Å². The van der Waals surface area contributed by atoms with Gasteiger partial charge < -0.3 is 11.1 Å². The zero-order chi connectivity index (χ0) is 13.1. The molecule has 0 saturated carbocycles. The van der Waals surface area contributed by atoms with Crippen LogP contribution in [0.2, 0.25) is 5.02 Å². The van der Waals surface area contributed by atoms with Crippen molar-refractivity contribution >= 4 is 39.1 Å². The molecule has 0 radical (unpaired) electrons. The Morgan fingerprint density at radius 1 is 1.59 bits per heavy atom. The SMILES string of the molecule is CCCC(C)(N)C(=O)Nc1ccc(Cl)c(Br)c1. The lowest BCUT2D eigenvalue weighted by atomic mass is 9.96. The Bertz CT molecular complexity index is 421. The molecule has 0 aliphatic carbocycles. The normalized spacial score (nSPS) is 14.2. The smallest absolute Gasteiger partial charge is 0.244 e. The van der Waals surface area contributed by atoms with E-state index in [2.05, 4.69) is 21.2 Å². The van der Waals surface area contributed by atoms with Crippen LogP contribution >= 0.6 is 27.5 Å². The third-order valence-corrected chi connectivity index (χ3v) is 3.68. The standard InChI is InChI=1S/C12H16BrClN2O/c1-3-6-12(2,15)11(17)16-8-4-5-10(14)9(13)7-8/h4-5,7H,3,6,15H2,1-2H3,(H,16,17). The molecule has 1 unspecified atom stereocenters. The number of halogens is 2. The average molecular weight is 320 g/mol. The predicted molar refractivity (Wildman–Crippen MR) is 75.3 cm³/mol. The molecule has 0 heterocycles. The molecule has 0 saturated heterocycles. The highest BCUT2D eigenvalue weighted by Crippen LogP contribution is 2.26. The molecule has 0 aliphatic heterocycles. The summed E-state index contributed by atoms with van der Waals surface area (Å²) in [5.74, 6) is -0.187. The van der Waals surface area contributed by atoms with Crippen LogP contribution in [-0.2, 0) is 4.79 Å². The fourth-order valence-corrected chi connectivity index (χ4v) is 1.98. The number of hydrogen-bond acceptors (Lipinski definition) is 2. The lowest BCUT2D eigenvalue weighted by molar-refractivity contribution is -0.120. The maximum absolute atomic E-state index is 11.9. The van der Waals surface area contributed by atoms with Crippen LogP contribution in [0.1, 0.15) is 26.7 Å². The van der Waals surface area contributed by atoms with Gasteiger partial charge in [-0.1, -0.05) is 24.9 Å². The molecule has 3 N–H and O–H groups in total. The van der Waals surface area contributed by atoms with Crippen molar-refractivity contribution in [3.63, 3.8) is 0 Å². The fraction of sp³-hybridized carbons (Fsp3) is 0.417. The molecule has 1 amide bonds. The first-order valence-electron chi connectivity index (χ1n) is 5.42. The van der Waals surface area contributed by atoms with Crippen molar-refractivity contribution in [3.8, 4) is 0 Å². The minimum absolute atomic E-state index is 0.187. The first-order valence-corrected chi connectivity index (χ1v) is 6.59. The monoisotopic (exact) mass is 318 g/mol. The van der Waals surface area contributed by atoms with Crippen LogP contribution in [0.5, 0.6) is 0 Å². The summed E-state index contributed by atoms with van der Waals surface area (Å²) in [6.45, 7) is 3.73. The van der Waals surface area contributed by atoms with Gasteiger partial charge in [-0.25, -0.2) is 0 Å². The van der Waals surface area contributed by atoms with E-state index in [0.717, 1.165) is 10.9 Å². The summed E-state index contributed by atoms with van der Waals surface area (Å²) in [7, 11) is 0. The number of rotatable bonds is 4. The quantitative estimate of drug-likeness (QED) is 0.891. The number of carbonyl (C=O) groups excluding carboxylic acids is 1. The van der Waals surface area contributed by atoms with Gasteiger partial charge in [0.15, 0.2) is 0 Å². The van der Waals surface area contributed by atoms with Gasteiger partial charge in [0.1, 0.15) is 0 Å². The number of nitrogens with one attached hydrogen (secondary N) is 1. The third kappa shape index (κ3) is 3.98. The van der Waals surface area contributed by atoms with Gasteiger partial charge in [0.25, 0.3) is 0 Å². The van der Waals surface area contributed by atoms with Crippen LogP contribution in [0.25, 0.3) is 0 Å². The Morgan fingerprint density at radius 3 is 2.76 bits per heavy atom. The molecular weight excluding hydrogens is 304 g/mol. The summed E-state index contributed by atoms with van der Waals surface area (Å²) in [5, 5.41) is 3.39. The molecule has 0 fully saturated rings. The van der Waals surface area contributed by atoms with Crippen molar-refractivity contribution in [2.45, 2.75) is 32.2 Å². The van der Waals surface area contributed by atoms with Crippen LogP contribution < -0.4 is 11.1 Å². The maximum Gasteiger partial charge on any atom is 0.244 e. The fourth-order valence-electron chi connectivity index (χ4n) is 1.48. The summed E-state index contributed by atoms with van der Waals surface area (Å²) in [6, 6.07) is 5.21. The predicted octanol–water partition coefficient (Wildman–Crippen LogP) is 3.56. The van der Waals surface area contributed by atoms with E-state index in [0.29, 0.717) is 17.1 Å². The summed E-state index contributed by atoms with van der Waals surface area (Å²) in [6.07, 6.45) is 1.51. The number of amides is 1. The Balaban J connectivity index is 2.77. The van der Waals surface area contributed by atoms with Crippen molar-refractivity contribution < 1.29 is 4.79 Å². The summed E-state index contributed by atoms with van der Waals surface area (Å²) >= 11 is 9.18. The van der Waals surface area contributed by atoms with Gasteiger partial charge in [0.05, 0.1) is 10.6 Å². The average Bonchev–Trinajstić information content (AvgIpc) is 2.23. The van der Waals surface area contributed by atoms with Crippen LogP contribution in [-0.4, -0.2) is 11.4 Å². The molecule has 1 aromatic rings. The lowest BCUT2D eigenvalue weighted by Gasteiger charge is -2.22. The number of nitrogens with two attached hydrogens (primary N) is 1. The highest BCUT2D eigenvalue weighted by atomic mass is 79.9. The lowest BCUT2D eigenvalue weighted by Crippen LogP contribution is -2.48. The Labute approximate surface area is 115 Å². The van der Waals surface area contributed by atoms with E-state index in [1.54, 1.807) is 25.1 Å². The van der Waals surface area contributed by atoms with Crippen molar-refractivity contribution in [3.05, 3.63) is 27.7 Å². The molecule has 17 heavy (non-hydrogen) atoms. The van der Waals surface area contributed by atoms with Crippen molar-refractivity contribution in [1.82, 2.24) is 0 Å². The van der Waals surface area contributed by atoms with Crippen LogP contribution in [0.4, 0.5) is 5.69 Å². The van der Waals surface area contributed by atoms with Gasteiger partial charge in [0.2, 0.25) is 5.91 Å². The van der Waals surface area contributed by atoms with E-state index in [4.69, 9.17) is 17.3 Å². The molecule has 3 nitrogen and oxygen atoms in total. The zero-order valence-corrected chi connectivity index (χ0v) is 12.2. The number of anilines is 1. The van der Waals surface area contributed by atoms with Crippen molar-refractivity contribution in [2.24, 2.45) is 5.73 Å². The Kier molecular flexibility index (Phi) is 4.98. The second kappa shape index (κ2) is 5.85. The minimum Gasteiger partial charge on any atom is -0.324 e. The number of carbonyl (C=O) groups is 1. The second-order valence-electron chi connectivity index (χ2n) is 4.25. The molecular formula is C12H16BrClN2O. The second-order valence-corrected chi connectivity index (χ2v) is 5.51. The Morgan fingerprint density at radius 2 is 2.24 bits per heavy atom. The van der Waals surface area contributed by atoms with E-state index in [1.165, 1.54) is 0 Å². The van der Waals surface area contributed by atoms with Crippen LogP contribution in [0, 0.1) is 0 Å². The molecule has 1 atom stereocenters. The maximum atomic E-state index is 11.9. The van der Waals surface area contributed by atoms with Gasteiger partial charge in [-0.05, 0) is 47.5 Å². The molecule has 5 heteroatoms. The third-order valence-electron chi connectivity index (χ3n) is 2.47. The van der Waals surface area contributed by atoms with E-state index in [1.807, 2.05) is 6.92 Å². The van der Waals surface area contributed by atoms with Gasteiger partial charge in [-0.3, -0.25) is 4.79 Å². The number of hydrogen-bond donors (Lipinski definition) is 2. The van der Waals surface area contributed by atoms with E-state index >= 15 is 0 Å². The number of benzene rings is 1. The highest BCUT2D eigenvalue weighted by Gasteiger charge is 2.27. The summed E-state index contributed by atoms with van der Waals surface area (Å²) in [4.78, 5) is 11.9.